The standard InChI is InChI=1S/C20H24N2O/c21-20(23)18-11-13-22(14-12-18)15-19(16-7-3-1-4-8-16)17-9-5-2-6-10-17/h1-10,18-19H,11-15H2,(H2,21,23). The summed E-state index contributed by atoms with van der Waals surface area (Å²) < 4.78 is 0. The number of benzene rings is 2. The molecule has 2 aromatic carbocycles. The molecule has 0 unspecified atom stereocenters. The van der Waals surface area contributed by atoms with Crippen LogP contribution in [0.3, 0.4) is 0 Å². The maximum absolute atomic E-state index is 11.3. The van der Waals surface area contributed by atoms with Crippen LogP contribution in [0.15, 0.2) is 60.7 Å². The number of carbonyl (C=O) groups excluding carboxylic acids is 1. The molecule has 3 nitrogen and oxygen atoms in total. The summed E-state index contributed by atoms with van der Waals surface area (Å²) in [5, 5.41) is 0. The van der Waals surface area contributed by atoms with E-state index in [2.05, 4.69) is 65.6 Å². The van der Waals surface area contributed by atoms with Gasteiger partial charge in [-0.15, -0.1) is 0 Å². The average Bonchev–Trinajstić information content (AvgIpc) is 2.61. The zero-order valence-corrected chi connectivity index (χ0v) is 13.4. The van der Waals surface area contributed by atoms with E-state index in [9.17, 15) is 4.79 Å². The van der Waals surface area contributed by atoms with Gasteiger partial charge < -0.3 is 10.6 Å². The molecule has 0 radical (unpaired) electrons. The van der Waals surface area contributed by atoms with Gasteiger partial charge in [0.2, 0.25) is 5.91 Å². The van der Waals surface area contributed by atoms with E-state index in [0.717, 1.165) is 32.5 Å². The van der Waals surface area contributed by atoms with Crippen LogP contribution in [0.4, 0.5) is 0 Å². The maximum atomic E-state index is 11.3. The molecule has 23 heavy (non-hydrogen) atoms. The molecule has 0 saturated carbocycles. The molecule has 0 spiro atoms. The van der Waals surface area contributed by atoms with Gasteiger partial charge in [-0.1, -0.05) is 60.7 Å². The van der Waals surface area contributed by atoms with Crippen LogP contribution < -0.4 is 5.73 Å². The maximum Gasteiger partial charge on any atom is 0.220 e. The minimum Gasteiger partial charge on any atom is -0.369 e. The monoisotopic (exact) mass is 308 g/mol. The van der Waals surface area contributed by atoms with E-state index < -0.39 is 0 Å². The van der Waals surface area contributed by atoms with E-state index in [-0.39, 0.29) is 11.8 Å². The first-order valence-corrected chi connectivity index (χ1v) is 8.35. The topological polar surface area (TPSA) is 46.3 Å². The molecule has 3 heteroatoms. The summed E-state index contributed by atoms with van der Waals surface area (Å²) in [4.78, 5) is 13.8. The van der Waals surface area contributed by atoms with Crippen LogP contribution >= 0.6 is 0 Å². The largest absolute Gasteiger partial charge is 0.369 e. The Morgan fingerprint density at radius 1 is 0.957 bits per heavy atom. The summed E-state index contributed by atoms with van der Waals surface area (Å²) in [6, 6.07) is 21.3. The van der Waals surface area contributed by atoms with Crippen molar-refractivity contribution in [2.24, 2.45) is 11.7 Å². The highest BCUT2D eigenvalue weighted by Gasteiger charge is 2.25. The van der Waals surface area contributed by atoms with Gasteiger partial charge in [0.1, 0.15) is 0 Å². The summed E-state index contributed by atoms with van der Waals surface area (Å²) in [6.45, 7) is 2.88. The Kier molecular flexibility index (Phi) is 5.09. The van der Waals surface area contributed by atoms with Crippen LogP contribution in [-0.2, 0) is 4.79 Å². The lowest BCUT2D eigenvalue weighted by Crippen LogP contribution is -2.40. The molecule has 3 rings (SSSR count). The molecule has 0 bridgehead atoms. The molecular formula is C20H24N2O. The van der Waals surface area contributed by atoms with Crippen molar-refractivity contribution < 1.29 is 4.79 Å². The smallest absolute Gasteiger partial charge is 0.220 e. The van der Waals surface area contributed by atoms with Crippen LogP contribution in [0.1, 0.15) is 29.9 Å². The van der Waals surface area contributed by atoms with E-state index in [1.165, 1.54) is 11.1 Å². The van der Waals surface area contributed by atoms with Crippen LogP contribution in [0.2, 0.25) is 0 Å². The third kappa shape index (κ3) is 3.99. The fraction of sp³-hybridized carbons (Fsp3) is 0.350. The number of primary amides is 1. The molecule has 1 aliphatic rings. The van der Waals surface area contributed by atoms with Gasteiger partial charge in [-0.2, -0.15) is 0 Å². The Labute approximate surface area is 138 Å². The molecule has 1 amide bonds. The molecule has 0 atom stereocenters. The normalized spacial score (nSPS) is 16.6. The molecule has 0 aliphatic carbocycles. The first-order valence-electron chi connectivity index (χ1n) is 8.35. The van der Waals surface area contributed by atoms with Crippen LogP contribution in [-0.4, -0.2) is 30.4 Å². The number of carbonyl (C=O) groups is 1. The van der Waals surface area contributed by atoms with Crippen molar-refractivity contribution in [3.8, 4) is 0 Å². The van der Waals surface area contributed by atoms with Gasteiger partial charge in [0.05, 0.1) is 0 Å². The van der Waals surface area contributed by atoms with Crippen molar-refractivity contribution in [2.75, 3.05) is 19.6 Å². The molecule has 1 heterocycles. The number of hydrogen-bond donors (Lipinski definition) is 1. The first kappa shape index (κ1) is 15.8. The van der Waals surface area contributed by atoms with Crippen molar-refractivity contribution in [1.29, 1.82) is 0 Å². The summed E-state index contributed by atoms with van der Waals surface area (Å²) in [5.74, 6) is 0.271. The van der Waals surface area contributed by atoms with Crippen molar-refractivity contribution in [3.63, 3.8) is 0 Å². The van der Waals surface area contributed by atoms with Gasteiger partial charge in [0.15, 0.2) is 0 Å². The predicted octanol–water partition coefficient (Wildman–Crippen LogP) is 3.02. The van der Waals surface area contributed by atoms with Crippen LogP contribution in [0.5, 0.6) is 0 Å². The second kappa shape index (κ2) is 7.42. The van der Waals surface area contributed by atoms with Crippen molar-refractivity contribution in [2.45, 2.75) is 18.8 Å². The number of nitrogens with two attached hydrogens (primary N) is 1. The summed E-state index contributed by atoms with van der Waals surface area (Å²) in [6.07, 6.45) is 1.76. The number of rotatable bonds is 5. The second-order valence-electron chi connectivity index (χ2n) is 6.35. The molecule has 1 fully saturated rings. The SMILES string of the molecule is NC(=O)C1CCN(CC(c2ccccc2)c2ccccc2)CC1. The fourth-order valence-corrected chi connectivity index (χ4v) is 3.43. The first-order chi connectivity index (χ1) is 11.2. The Balaban J connectivity index is 1.74. The molecule has 120 valence electrons. The van der Waals surface area contributed by atoms with Crippen molar-refractivity contribution in [1.82, 2.24) is 4.90 Å². The highest BCUT2D eigenvalue weighted by Crippen LogP contribution is 2.27. The van der Waals surface area contributed by atoms with E-state index in [1.807, 2.05) is 0 Å². The van der Waals surface area contributed by atoms with Gasteiger partial charge >= 0.3 is 0 Å². The lowest BCUT2D eigenvalue weighted by atomic mass is 9.89. The predicted molar refractivity (Wildman–Crippen MR) is 93.1 cm³/mol. The third-order valence-corrected chi connectivity index (χ3v) is 4.83. The van der Waals surface area contributed by atoms with Crippen LogP contribution in [0, 0.1) is 5.92 Å². The van der Waals surface area contributed by atoms with Crippen molar-refractivity contribution >= 4 is 5.91 Å². The van der Waals surface area contributed by atoms with Gasteiger partial charge in [-0.05, 0) is 37.1 Å². The molecule has 1 saturated heterocycles. The number of likely N-dealkylation sites (tertiary alicyclic amines) is 1. The van der Waals surface area contributed by atoms with Gasteiger partial charge in [0.25, 0.3) is 0 Å². The van der Waals surface area contributed by atoms with Crippen molar-refractivity contribution in [3.05, 3.63) is 71.8 Å². The molecule has 2 N–H and O–H groups in total. The summed E-state index contributed by atoms with van der Waals surface area (Å²) >= 11 is 0. The van der Waals surface area contributed by atoms with E-state index in [4.69, 9.17) is 5.73 Å². The Morgan fingerprint density at radius 2 is 1.43 bits per heavy atom. The van der Waals surface area contributed by atoms with Gasteiger partial charge in [-0.3, -0.25) is 4.79 Å². The Bertz CT molecular complexity index is 579. The van der Waals surface area contributed by atoms with Crippen LogP contribution in [0.25, 0.3) is 0 Å². The minimum absolute atomic E-state index is 0.0538. The zero-order valence-electron chi connectivity index (χ0n) is 13.4. The molecule has 1 aliphatic heterocycles. The highest BCUT2D eigenvalue weighted by atomic mass is 16.1. The second-order valence-corrected chi connectivity index (χ2v) is 6.35. The van der Waals surface area contributed by atoms with E-state index in [1.54, 1.807) is 0 Å². The van der Waals surface area contributed by atoms with E-state index in [0.29, 0.717) is 5.92 Å². The summed E-state index contributed by atoms with van der Waals surface area (Å²) in [5.41, 5.74) is 8.13. The lowest BCUT2D eigenvalue weighted by Gasteiger charge is -2.33. The number of amides is 1. The lowest BCUT2D eigenvalue weighted by molar-refractivity contribution is -0.123. The van der Waals surface area contributed by atoms with E-state index >= 15 is 0 Å². The highest BCUT2D eigenvalue weighted by molar-refractivity contribution is 5.76. The number of nitrogens with zero attached hydrogens (tertiary/aromatic N) is 1. The zero-order chi connectivity index (χ0) is 16.1. The average molecular weight is 308 g/mol. The molecule has 2 aromatic rings. The summed E-state index contributed by atoms with van der Waals surface area (Å²) in [7, 11) is 0. The quantitative estimate of drug-likeness (QED) is 0.923. The third-order valence-electron chi connectivity index (χ3n) is 4.83. The fourth-order valence-electron chi connectivity index (χ4n) is 3.43. The number of piperidine rings is 1. The van der Waals surface area contributed by atoms with Gasteiger partial charge in [-0.25, -0.2) is 0 Å². The number of hydrogen-bond acceptors (Lipinski definition) is 2. The molecule has 0 aromatic heterocycles. The Hall–Kier alpha value is -2.13. The Morgan fingerprint density at radius 3 is 1.87 bits per heavy atom. The molecular weight excluding hydrogens is 284 g/mol. The van der Waals surface area contributed by atoms with Gasteiger partial charge in [0, 0.05) is 18.4 Å². The minimum atomic E-state index is -0.146.